The van der Waals surface area contributed by atoms with Gasteiger partial charge in [-0.25, -0.2) is 9.18 Å². The van der Waals surface area contributed by atoms with Crippen LogP contribution in [0.2, 0.25) is 0 Å². The predicted octanol–water partition coefficient (Wildman–Crippen LogP) is 2.94. The fraction of sp³-hybridized carbons (Fsp3) is 0.200. The molecule has 0 amide bonds. The predicted molar refractivity (Wildman–Crippen MR) is 74.0 cm³/mol. The number of nitrogens with one attached hydrogen (secondary N) is 1. The van der Waals surface area contributed by atoms with E-state index in [1.54, 1.807) is 31.3 Å². The smallest absolute Gasteiger partial charge is 0.333 e. The van der Waals surface area contributed by atoms with Crippen LogP contribution in [0.3, 0.4) is 0 Å². The summed E-state index contributed by atoms with van der Waals surface area (Å²) in [5, 5.41) is 12.4. The molecule has 1 aromatic carbocycles. The van der Waals surface area contributed by atoms with Crippen LogP contribution < -0.4 is 5.32 Å². The van der Waals surface area contributed by atoms with Gasteiger partial charge in [0, 0.05) is 23.6 Å². The Labute approximate surface area is 116 Å². The van der Waals surface area contributed by atoms with Gasteiger partial charge in [-0.15, -0.1) is 0 Å². The molecule has 2 aromatic rings. The van der Waals surface area contributed by atoms with Gasteiger partial charge in [-0.2, -0.15) is 0 Å². The van der Waals surface area contributed by atoms with Crippen molar-refractivity contribution >= 4 is 11.7 Å². The summed E-state index contributed by atoms with van der Waals surface area (Å²) in [6.07, 6.45) is 3.05. The Morgan fingerprint density at radius 3 is 2.70 bits per heavy atom. The van der Waals surface area contributed by atoms with Crippen LogP contribution in [0.15, 0.2) is 42.7 Å². The molecule has 4 nitrogen and oxygen atoms in total. The van der Waals surface area contributed by atoms with Gasteiger partial charge in [-0.1, -0.05) is 6.07 Å². The molecule has 1 heterocycles. The first-order valence-electron chi connectivity index (χ1n) is 6.11. The van der Waals surface area contributed by atoms with Crippen molar-refractivity contribution < 1.29 is 14.3 Å². The molecule has 0 aliphatic heterocycles. The molecule has 1 aromatic heterocycles. The fourth-order valence-electron chi connectivity index (χ4n) is 2.00. The van der Waals surface area contributed by atoms with Gasteiger partial charge in [0.15, 0.2) is 5.54 Å². The van der Waals surface area contributed by atoms with Crippen LogP contribution in [0.1, 0.15) is 18.1 Å². The number of pyridine rings is 1. The molecule has 20 heavy (non-hydrogen) atoms. The van der Waals surface area contributed by atoms with Crippen LogP contribution in [0.25, 0.3) is 0 Å². The maximum Gasteiger partial charge on any atom is 0.333 e. The monoisotopic (exact) mass is 274 g/mol. The van der Waals surface area contributed by atoms with Crippen molar-refractivity contribution in [1.82, 2.24) is 4.98 Å². The summed E-state index contributed by atoms with van der Waals surface area (Å²) >= 11 is 0. The van der Waals surface area contributed by atoms with E-state index in [-0.39, 0.29) is 0 Å². The molecule has 2 rings (SSSR count). The molecule has 5 heteroatoms. The van der Waals surface area contributed by atoms with E-state index in [0.29, 0.717) is 16.8 Å². The van der Waals surface area contributed by atoms with Gasteiger partial charge in [-0.05, 0) is 43.7 Å². The number of rotatable bonds is 4. The third kappa shape index (κ3) is 2.77. The minimum atomic E-state index is -1.38. The molecule has 2 N–H and O–H groups in total. The lowest BCUT2D eigenvalue weighted by atomic mass is 9.93. The van der Waals surface area contributed by atoms with Crippen LogP contribution in [-0.2, 0) is 10.3 Å². The molecule has 0 aliphatic rings. The Kier molecular flexibility index (Phi) is 3.70. The summed E-state index contributed by atoms with van der Waals surface area (Å²) in [7, 11) is 0. The summed E-state index contributed by atoms with van der Waals surface area (Å²) in [4.78, 5) is 15.5. The summed E-state index contributed by atoms with van der Waals surface area (Å²) in [5.41, 5.74) is 0.242. The third-order valence-electron chi connectivity index (χ3n) is 3.10. The van der Waals surface area contributed by atoms with Gasteiger partial charge < -0.3 is 10.4 Å². The summed E-state index contributed by atoms with van der Waals surface area (Å²) in [5.74, 6) is -1.47. The summed E-state index contributed by atoms with van der Waals surface area (Å²) < 4.78 is 13.4. The first kappa shape index (κ1) is 14.0. The summed E-state index contributed by atoms with van der Waals surface area (Å²) in [6, 6.07) is 7.67. The van der Waals surface area contributed by atoms with Gasteiger partial charge >= 0.3 is 5.97 Å². The Bertz CT molecular complexity index is 611. The maximum atomic E-state index is 13.4. The first-order valence-corrected chi connectivity index (χ1v) is 6.11. The Morgan fingerprint density at radius 1 is 1.40 bits per heavy atom. The normalized spacial score (nSPS) is 13.6. The summed E-state index contributed by atoms with van der Waals surface area (Å²) in [6.45, 7) is 3.27. The number of aromatic nitrogens is 1. The molecular formula is C15H15FN2O2. The maximum absolute atomic E-state index is 13.4. The van der Waals surface area contributed by atoms with E-state index in [4.69, 9.17) is 0 Å². The largest absolute Gasteiger partial charge is 0.479 e. The Hall–Kier alpha value is -2.43. The second-order valence-corrected chi connectivity index (χ2v) is 4.81. The number of aryl methyl sites for hydroxylation is 1. The number of benzene rings is 1. The van der Waals surface area contributed by atoms with Gasteiger partial charge in [0.05, 0.1) is 0 Å². The molecule has 0 fully saturated rings. The zero-order chi connectivity index (χ0) is 14.8. The lowest BCUT2D eigenvalue weighted by Gasteiger charge is -2.27. The minimum Gasteiger partial charge on any atom is -0.479 e. The average Bonchev–Trinajstić information content (AvgIpc) is 2.38. The highest BCUT2D eigenvalue weighted by Crippen LogP contribution is 2.27. The zero-order valence-electron chi connectivity index (χ0n) is 11.2. The number of carbonyl (C=O) groups is 1. The number of carboxylic acid groups (broad SMARTS) is 1. The standard InChI is InChI=1S/C15H15FN2O2/c1-10-6-12(16)8-13(7-10)18-15(2,14(19)20)11-4-3-5-17-9-11/h3-9,18H,1-2H3,(H,19,20). The zero-order valence-corrected chi connectivity index (χ0v) is 11.2. The second kappa shape index (κ2) is 5.28. The molecule has 1 unspecified atom stereocenters. The van der Waals surface area contributed by atoms with E-state index in [9.17, 15) is 14.3 Å². The van der Waals surface area contributed by atoms with Crippen molar-refractivity contribution in [2.45, 2.75) is 19.4 Å². The number of hydrogen-bond acceptors (Lipinski definition) is 3. The minimum absolute atomic E-state index is 0.411. The first-order chi connectivity index (χ1) is 9.41. The fourth-order valence-corrected chi connectivity index (χ4v) is 2.00. The van der Waals surface area contributed by atoms with Crippen molar-refractivity contribution in [1.29, 1.82) is 0 Å². The number of carboxylic acids is 1. The van der Waals surface area contributed by atoms with Crippen LogP contribution in [-0.4, -0.2) is 16.1 Å². The second-order valence-electron chi connectivity index (χ2n) is 4.81. The van der Waals surface area contributed by atoms with Gasteiger partial charge in [0.2, 0.25) is 0 Å². The van der Waals surface area contributed by atoms with Crippen LogP contribution in [0.4, 0.5) is 10.1 Å². The Morgan fingerprint density at radius 2 is 2.15 bits per heavy atom. The number of nitrogens with zero attached hydrogens (tertiary/aromatic N) is 1. The molecule has 104 valence electrons. The van der Waals surface area contributed by atoms with Crippen molar-refractivity contribution in [3.8, 4) is 0 Å². The van der Waals surface area contributed by atoms with E-state index < -0.39 is 17.3 Å². The molecule has 0 aliphatic carbocycles. The SMILES string of the molecule is Cc1cc(F)cc(NC(C)(C(=O)O)c2cccnc2)c1. The molecule has 0 saturated carbocycles. The van der Waals surface area contributed by atoms with E-state index in [1.807, 2.05) is 0 Å². The van der Waals surface area contributed by atoms with Crippen molar-refractivity contribution in [3.63, 3.8) is 0 Å². The highest BCUT2D eigenvalue weighted by atomic mass is 19.1. The van der Waals surface area contributed by atoms with E-state index in [1.165, 1.54) is 25.3 Å². The van der Waals surface area contributed by atoms with Crippen LogP contribution in [0.5, 0.6) is 0 Å². The van der Waals surface area contributed by atoms with E-state index >= 15 is 0 Å². The Balaban J connectivity index is 2.42. The topological polar surface area (TPSA) is 62.2 Å². The van der Waals surface area contributed by atoms with Crippen molar-refractivity contribution in [3.05, 3.63) is 59.7 Å². The lowest BCUT2D eigenvalue weighted by molar-refractivity contribution is -0.142. The highest BCUT2D eigenvalue weighted by Gasteiger charge is 2.35. The molecule has 0 saturated heterocycles. The molecule has 1 atom stereocenters. The number of hydrogen-bond donors (Lipinski definition) is 2. The lowest BCUT2D eigenvalue weighted by Crippen LogP contribution is -2.40. The van der Waals surface area contributed by atoms with Crippen molar-refractivity contribution in [2.24, 2.45) is 0 Å². The number of anilines is 1. The third-order valence-corrected chi connectivity index (χ3v) is 3.10. The van der Waals surface area contributed by atoms with E-state index in [0.717, 1.165) is 0 Å². The molecule has 0 spiro atoms. The van der Waals surface area contributed by atoms with Gasteiger partial charge in [-0.3, -0.25) is 4.98 Å². The molecular weight excluding hydrogens is 259 g/mol. The number of halogens is 1. The van der Waals surface area contributed by atoms with Gasteiger partial charge in [0.25, 0.3) is 0 Å². The quantitative estimate of drug-likeness (QED) is 0.899. The average molecular weight is 274 g/mol. The van der Waals surface area contributed by atoms with E-state index in [2.05, 4.69) is 10.3 Å². The van der Waals surface area contributed by atoms with Gasteiger partial charge in [0.1, 0.15) is 5.82 Å². The van der Waals surface area contributed by atoms with Crippen LogP contribution in [0, 0.1) is 12.7 Å². The highest BCUT2D eigenvalue weighted by molar-refractivity contribution is 5.84. The van der Waals surface area contributed by atoms with Crippen molar-refractivity contribution in [2.75, 3.05) is 5.32 Å². The van der Waals surface area contributed by atoms with Crippen LogP contribution >= 0.6 is 0 Å². The molecule has 0 bridgehead atoms. The number of aliphatic carboxylic acids is 1. The molecule has 0 radical (unpaired) electrons.